The van der Waals surface area contributed by atoms with Gasteiger partial charge in [0.2, 0.25) is 5.78 Å². The average molecular weight is 426 g/mol. The summed E-state index contributed by atoms with van der Waals surface area (Å²) in [4.78, 5) is 25.1. The second-order valence-electron chi connectivity index (χ2n) is 6.34. The van der Waals surface area contributed by atoms with E-state index in [-0.39, 0.29) is 22.3 Å². The lowest BCUT2D eigenvalue weighted by Crippen LogP contribution is -2.50. The summed E-state index contributed by atoms with van der Waals surface area (Å²) in [5.41, 5.74) is -4.98. The summed E-state index contributed by atoms with van der Waals surface area (Å²) in [6.45, 7) is 1.24. The Hall–Kier alpha value is -2.84. The number of halogens is 4. The van der Waals surface area contributed by atoms with Crippen molar-refractivity contribution in [2.24, 2.45) is 0 Å². The number of methoxy groups -OCH3 is 1. The molecular formula is C20H15ClF3NO4. The second-order valence-corrected chi connectivity index (χ2v) is 6.78. The first kappa shape index (κ1) is 20.9. The molecule has 1 atom stereocenters. The molecule has 0 saturated heterocycles. The highest BCUT2D eigenvalue weighted by atomic mass is 35.5. The Balaban J connectivity index is 2.36. The van der Waals surface area contributed by atoms with Crippen LogP contribution >= 0.6 is 11.6 Å². The van der Waals surface area contributed by atoms with E-state index < -0.39 is 29.1 Å². The zero-order valence-electron chi connectivity index (χ0n) is 15.2. The number of hydrogen-bond donors (Lipinski definition) is 1. The monoisotopic (exact) mass is 425 g/mol. The quantitative estimate of drug-likeness (QED) is 0.505. The first-order valence-electron chi connectivity index (χ1n) is 8.32. The fourth-order valence-electron chi connectivity index (χ4n) is 3.31. The second kappa shape index (κ2) is 7.20. The van der Waals surface area contributed by atoms with Crippen molar-refractivity contribution >= 4 is 28.9 Å². The number of ketones is 1. The maximum atomic E-state index is 13.9. The van der Waals surface area contributed by atoms with E-state index in [9.17, 15) is 27.9 Å². The Morgan fingerprint density at radius 2 is 1.72 bits per heavy atom. The molecule has 1 N–H and O–H groups in total. The minimum Gasteiger partial charge on any atom is -0.466 e. The molecule has 3 aromatic rings. The van der Waals surface area contributed by atoms with E-state index in [1.807, 2.05) is 0 Å². The van der Waals surface area contributed by atoms with Crippen molar-refractivity contribution in [2.75, 3.05) is 7.11 Å². The van der Waals surface area contributed by atoms with Crippen LogP contribution in [0.15, 0.2) is 48.7 Å². The zero-order chi connectivity index (χ0) is 21.6. The first-order valence-corrected chi connectivity index (χ1v) is 8.69. The molecule has 9 heteroatoms. The molecule has 0 radical (unpaired) electrons. The highest BCUT2D eigenvalue weighted by Gasteiger charge is 2.64. The fourth-order valence-corrected chi connectivity index (χ4v) is 3.44. The Morgan fingerprint density at radius 1 is 1.10 bits per heavy atom. The number of pyridine rings is 1. The van der Waals surface area contributed by atoms with Crippen LogP contribution in [0.25, 0.3) is 5.52 Å². The summed E-state index contributed by atoms with van der Waals surface area (Å²) in [7, 11) is 0.742. The van der Waals surface area contributed by atoms with Crippen LogP contribution < -0.4 is 0 Å². The first-order chi connectivity index (χ1) is 13.5. The summed E-state index contributed by atoms with van der Waals surface area (Å²) in [5.74, 6) is -2.49. The summed E-state index contributed by atoms with van der Waals surface area (Å²) >= 11 is 5.83. The number of carbonyl (C=O) groups is 2. The average Bonchev–Trinajstić information content (AvgIpc) is 2.97. The summed E-state index contributed by atoms with van der Waals surface area (Å²) in [6, 6.07) is 10.0. The van der Waals surface area contributed by atoms with Crippen molar-refractivity contribution in [3.8, 4) is 0 Å². The van der Waals surface area contributed by atoms with Crippen molar-refractivity contribution in [3.63, 3.8) is 0 Å². The molecule has 0 amide bonds. The summed E-state index contributed by atoms with van der Waals surface area (Å²) < 4.78 is 47.0. The van der Waals surface area contributed by atoms with Gasteiger partial charge in [0.05, 0.1) is 18.3 Å². The maximum Gasteiger partial charge on any atom is 0.432 e. The molecular weight excluding hydrogens is 411 g/mol. The van der Waals surface area contributed by atoms with Gasteiger partial charge in [0.1, 0.15) is 0 Å². The molecule has 29 heavy (non-hydrogen) atoms. The van der Waals surface area contributed by atoms with Crippen molar-refractivity contribution in [3.05, 3.63) is 76.1 Å². The lowest BCUT2D eigenvalue weighted by molar-refractivity contribution is -0.266. The zero-order valence-corrected chi connectivity index (χ0v) is 16.0. The smallest absolute Gasteiger partial charge is 0.432 e. The lowest BCUT2D eigenvalue weighted by atomic mass is 9.89. The number of aromatic nitrogens is 1. The molecule has 0 fully saturated rings. The fraction of sp³-hybridized carbons (Fsp3) is 0.200. The Morgan fingerprint density at radius 3 is 2.28 bits per heavy atom. The van der Waals surface area contributed by atoms with Gasteiger partial charge in [-0.25, -0.2) is 4.79 Å². The number of nitrogens with zero attached hydrogens (tertiary/aromatic N) is 1. The van der Waals surface area contributed by atoms with Crippen LogP contribution in [0.1, 0.15) is 27.2 Å². The van der Waals surface area contributed by atoms with Crippen LogP contribution in [-0.4, -0.2) is 34.5 Å². The molecule has 3 rings (SSSR count). The number of rotatable bonds is 4. The number of hydrogen-bond acceptors (Lipinski definition) is 4. The molecule has 0 aliphatic heterocycles. The van der Waals surface area contributed by atoms with Gasteiger partial charge in [-0.15, -0.1) is 0 Å². The minimum absolute atomic E-state index is 0.121. The Labute approximate surface area is 168 Å². The van der Waals surface area contributed by atoms with Gasteiger partial charge in [0, 0.05) is 22.3 Å². The van der Waals surface area contributed by atoms with Crippen molar-refractivity contribution in [1.82, 2.24) is 4.40 Å². The topological polar surface area (TPSA) is 68.0 Å². The maximum absolute atomic E-state index is 13.9. The highest BCUT2D eigenvalue weighted by Crippen LogP contribution is 2.44. The predicted molar refractivity (Wildman–Crippen MR) is 99.0 cm³/mol. The molecule has 2 heterocycles. The molecule has 0 spiro atoms. The number of ether oxygens (including phenoxy) is 1. The predicted octanol–water partition coefficient (Wildman–Crippen LogP) is 4.06. The van der Waals surface area contributed by atoms with E-state index in [1.54, 1.807) is 0 Å². The van der Waals surface area contributed by atoms with Gasteiger partial charge in [-0.05, 0) is 48.9 Å². The molecule has 0 aliphatic carbocycles. The van der Waals surface area contributed by atoms with Crippen LogP contribution in [0.3, 0.4) is 0 Å². The van der Waals surface area contributed by atoms with Crippen LogP contribution in [0.4, 0.5) is 13.2 Å². The Kier molecular flexibility index (Phi) is 5.19. The van der Waals surface area contributed by atoms with E-state index >= 15 is 0 Å². The van der Waals surface area contributed by atoms with Crippen LogP contribution in [-0.2, 0) is 15.1 Å². The lowest BCUT2D eigenvalue weighted by Gasteiger charge is -2.28. The number of fused-ring (bicyclic) bond motifs is 1. The van der Waals surface area contributed by atoms with Gasteiger partial charge in [0.25, 0.3) is 5.60 Å². The number of benzene rings is 1. The third-order valence-corrected chi connectivity index (χ3v) is 4.91. The molecule has 1 aromatic carbocycles. The number of esters is 1. The molecule has 152 valence electrons. The standard InChI is InChI=1S/C20H15ClF3NO4/c1-11-15(19(28,18(27)29-2)20(22,23)24)14-5-3-4-10-25(14)16(11)17(26)12-6-8-13(21)9-7-12/h3-10,28H,1-2H3/t19-/m0/s1. The van der Waals surface area contributed by atoms with E-state index in [0.717, 1.165) is 7.11 Å². The summed E-state index contributed by atoms with van der Waals surface area (Å²) in [6.07, 6.45) is -4.01. The summed E-state index contributed by atoms with van der Waals surface area (Å²) in [5, 5.41) is 10.9. The van der Waals surface area contributed by atoms with Gasteiger partial charge in [-0.2, -0.15) is 13.2 Å². The third-order valence-electron chi connectivity index (χ3n) is 4.66. The van der Waals surface area contributed by atoms with Crippen molar-refractivity contribution in [1.29, 1.82) is 0 Å². The number of alkyl halides is 3. The molecule has 0 bridgehead atoms. The molecule has 0 saturated carbocycles. The SMILES string of the molecule is COC(=O)[C@@](O)(c1c(C)c(C(=O)c2ccc(Cl)cc2)n2ccccc12)C(F)(F)F. The van der Waals surface area contributed by atoms with Gasteiger partial charge in [-0.3, -0.25) is 4.79 Å². The number of carbonyl (C=O) groups excluding carboxylic acids is 2. The molecule has 0 unspecified atom stereocenters. The molecule has 5 nitrogen and oxygen atoms in total. The van der Waals surface area contributed by atoms with Gasteiger partial charge in [-0.1, -0.05) is 17.7 Å². The van der Waals surface area contributed by atoms with Gasteiger partial charge >= 0.3 is 12.1 Å². The Bertz CT molecular complexity index is 1110. The van der Waals surface area contributed by atoms with Crippen molar-refractivity contribution in [2.45, 2.75) is 18.7 Å². The van der Waals surface area contributed by atoms with Crippen LogP contribution in [0.5, 0.6) is 0 Å². The van der Waals surface area contributed by atoms with E-state index in [4.69, 9.17) is 11.6 Å². The van der Waals surface area contributed by atoms with Gasteiger partial charge < -0.3 is 14.2 Å². The van der Waals surface area contributed by atoms with E-state index in [1.165, 1.54) is 60.0 Å². The van der Waals surface area contributed by atoms with Crippen LogP contribution in [0.2, 0.25) is 5.02 Å². The van der Waals surface area contributed by atoms with Crippen LogP contribution in [0, 0.1) is 6.92 Å². The minimum atomic E-state index is -5.39. The van der Waals surface area contributed by atoms with Gasteiger partial charge in [0.15, 0.2) is 0 Å². The van der Waals surface area contributed by atoms with Crippen molar-refractivity contribution < 1.29 is 32.6 Å². The largest absolute Gasteiger partial charge is 0.466 e. The third kappa shape index (κ3) is 3.18. The van der Waals surface area contributed by atoms with E-state index in [0.29, 0.717) is 5.02 Å². The molecule has 2 aromatic heterocycles. The normalized spacial score (nSPS) is 13.9. The molecule has 0 aliphatic rings. The number of aliphatic hydroxyl groups is 1. The van der Waals surface area contributed by atoms with E-state index in [2.05, 4.69) is 4.74 Å². The highest BCUT2D eigenvalue weighted by molar-refractivity contribution is 6.30.